The lowest BCUT2D eigenvalue weighted by atomic mass is 10.1. The normalized spacial score (nSPS) is 19.0. The summed E-state index contributed by atoms with van der Waals surface area (Å²) in [5, 5.41) is 0.437. The lowest BCUT2D eigenvalue weighted by molar-refractivity contribution is -0.141. The number of benzene rings is 1. The van der Waals surface area contributed by atoms with Crippen LogP contribution in [0.2, 0.25) is 5.02 Å². The molecular formula is C12H13ClO4. The molecule has 92 valence electrons. The second-order valence-corrected chi connectivity index (χ2v) is 4.10. The Hall–Kier alpha value is -1.42. The van der Waals surface area contributed by atoms with Gasteiger partial charge in [0.1, 0.15) is 6.10 Å². The van der Waals surface area contributed by atoms with E-state index in [1.54, 1.807) is 19.2 Å². The molecule has 0 spiro atoms. The maximum atomic E-state index is 11.1. The van der Waals surface area contributed by atoms with Gasteiger partial charge in [-0.1, -0.05) is 11.6 Å². The maximum absolute atomic E-state index is 11.1. The Morgan fingerprint density at radius 1 is 1.35 bits per heavy atom. The average molecular weight is 257 g/mol. The Balaban J connectivity index is 2.38. The van der Waals surface area contributed by atoms with Gasteiger partial charge in [0.15, 0.2) is 11.5 Å². The van der Waals surface area contributed by atoms with Crippen LogP contribution in [0.15, 0.2) is 12.1 Å². The summed E-state index contributed by atoms with van der Waals surface area (Å²) in [5.74, 6) is 0.834. The van der Waals surface area contributed by atoms with Crippen LogP contribution in [0.25, 0.3) is 0 Å². The van der Waals surface area contributed by atoms with E-state index in [0.717, 1.165) is 5.56 Å². The Morgan fingerprint density at radius 2 is 2.12 bits per heavy atom. The largest absolute Gasteiger partial charge is 0.493 e. The molecule has 0 amide bonds. The minimum absolute atomic E-state index is 0.194. The third kappa shape index (κ3) is 2.17. The molecule has 0 bridgehead atoms. The number of cyclic esters (lactones) is 1. The summed E-state index contributed by atoms with van der Waals surface area (Å²) in [4.78, 5) is 11.1. The smallest absolute Gasteiger partial charge is 0.306 e. The van der Waals surface area contributed by atoms with Crippen molar-refractivity contribution < 1.29 is 19.0 Å². The number of methoxy groups -OCH3 is 2. The standard InChI is InChI=1S/C12H13ClO4/c1-15-9-4-3-7(11(13)12(9)16-2)8-5-6-10(14)17-8/h3-4,8H,5-6H2,1-2H3. The van der Waals surface area contributed by atoms with Crippen LogP contribution in [-0.2, 0) is 9.53 Å². The monoisotopic (exact) mass is 256 g/mol. The summed E-state index contributed by atoms with van der Waals surface area (Å²) in [6, 6.07) is 3.55. The molecule has 1 heterocycles. The topological polar surface area (TPSA) is 44.8 Å². The number of ether oxygens (including phenoxy) is 3. The summed E-state index contributed by atoms with van der Waals surface area (Å²) >= 11 is 6.22. The summed E-state index contributed by atoms with van der Waals surface area (Å²) in [6.07, 6.45) is 0.790. The minimum Gasteiger partial charge on any atom is -0.493 e. The molecule has 1 unspecified atom stereocenters. The zero-order chi connectivity index (χ0) is 12.4. The highest BCUT2D eigenvalue weighted by molar-refractivity contribution is 6.33. The highest BCUT2D eigenvalue weighted by Gasteiger charge is 2.28. The molecule has 17 heavy (non-hydrogen) atoms. The van der Waals surface area contributed by atoms with E-state index in [4.69, 9.17) is 25.8 Å². The van der Waals surface area contributed by atoms with Crippen molar-refractivity contribution in [2.45, 2.75) is 18.9 Å². The molecular weight excluding hydrogens is 244 g/mol. The summed E-state index contributed by atoms with van der Waals surface area (Å²) in [7, 11) is 3.07. The SMILES string of the molecule is COc1ccc(C2CCC(=O)O2)c(Cl)c1OC. The van der Waals surface area contributed by atoms with Gasteiger partial charge in [-0.3, -0.25) is 4.79 Å². The van der Waals surface area contributed by atoms with Crippen molar-refractivity contribution >= 4 is 17.6 Å². The van der Waals surface area contributed by atoms with E-state index in [9.17, 15) is 4.79 Å². The molecule has 1 aliphatic heterocycles. The van der Waals surface area contributed by atoms with E-state index >= 15 is 0 Å². The molecule has 0 N–H and O–H groups in total. The van der Waals surface area contributed by atoms with Gasteiger partial charge in [0.05, 0.1) is 19.2 Å². The lowest BCUT2D eigenvalue weighted by Crippen LogP contribution is -2.01. The molecule has 4 nitrogen and oxygen atoms in total. The molecule has 1 aromatic carbocycles. The first-order valence-electron chi connectivity index (χ1n) is 5.27. The van der Waals surface area contributed by atoms with Gasteiger partial charge in [0.25, 0.3) is 0 Å². The van der Waals surface area contributed by atoms with Crippen LogP contribution in [0.1, 0.15) is 24.5 Å². The van der Waals surface area contributed by atoms with E-state index in [0.29, 0.717) is 29.4 Å². The summed E-state index contributed by atoms with van der Waals surface area (Å²) < 4.78 is 15.5. The predicted molar refractivity (Wildman–Crippen MR) is 62.6 cm³/mol. The van der Waals surface area contributed by atoms with Crippen LogP contribution < -0.4 is 9.47 Å². The molecule has 0 radical (unpaired) electrons. The number of rotatable bonds is 3. The number of carbonyl (C=O) groups is 1. The fourth-order valence-corrected chi connectivity index (χ4v) is 2.25. The second-order valence-electron chi connectivity index (χ2n) is 3.72. The number of hydrogen-bond acceptors (Lipinski definition) is 4. The summed E-state index contributed by atoms with van der Waals surface area (Å²) in [6.45, 7) is 0. The van der Waals surface area contributed by atoms with Gasteiger partial charge in [-0.25, -0.2) is 0 Å². The third-order valence-corrected chi connectivity index (χ3v) is 3.14. The van der Waals surface area contributed by atoms with Gasteiger partial charge >= 0.3 is 5.97 Å². The number of hydrogen-bond donors (Lipinski definition) is 0. The first-order chi connectivity index (χ1) is 8.17. The Kier molecular flexibility index (Phi) is 3.43. The number of carbonyl (C=O) groups excluding carboxylic acids is 1. The average Bonchev–Trinajstić information content (AvgIpc) is 2.75. The molecule has 1 aromatic rings. The Labute approximate surface area is 104 Å². The van der Waals surface area contributed by atoms with E-state index in [1.165, 1.54) is 7.11 Å². The molecule has 2 rings (SSSR count). The van der Waals surface area contributed by atoms with Crippen molar-refractivity contribution in [3.05, 3.63) is 22.7 Å². The highest BCUT2D eigenvalue weighted by atomic mass is 35.5. The van der Waals surface area contributed by atoms with Crippen molar-refractivity contribution in [1.29, 1.82) is 0 Å². The first kappa shape index (κ1) is 12.0. The van der Waals surface area contributed by atoms with E-state index in [-0.39, 0.29) is 12.1 Å². The fourth-order valence-electron chi connectivity index (χ4n) is 1.90. The van der Waals surface area contributed by atoms with Crippen LogP contribution in [-0.4, -0.2) is 20.2 Å². The molecule has 1 aliphatic rings. The van der Waals surface area contributed by atoms with Gasteiger partial charge in [0.2, 0.25) is 0 Å². The second kappa shape index (κ2) is 4.84. The highest BCUT2D eigenvalue weighted by Crippen LogP contribution is 2.42. The van der Waals surface area contributed by atoms with Gasteiger partial charge in [0, 0.05) is 12.0 Å². The van der Waals surface area contributed by atoms with Gasteiger partial charge < -0.3 is 14.2 Å². The van der Waals surface area contributed by atoms with Crippen molar-refractivity contribution in [2.24, 2.45) is 0 Å². The minimum atomic E-state index is -0.283. The third-order valence-electron chi connectivity index (χ3n) is 2.75. The maximum Gasteiger partial charge on any atom is 0.306 e. The molecule has 1 saturated heterocycles. The van der Waals surface area contributed by atoms with Crippen LogP contribution >= 0.6 is 11.6 Å². The van der Waals surface area contributed by atoms with Crippen molar-refractivity contribution in [3.63, 3.8) is 0 Å². The molecule has 1 fully saturated rings. The fraction of sp³-hybridized carbons (Fsp3) is 0.417. The number of halogens is 1. The summed E-state index contributed by atoms with van der Waals surface area (Å²) in [5.41, 5.74) is 0.759. The quantitative estimate of drug-likeness (QED) is 0.780. The Morgan fingerprint density at radius 3 is 2.65 bits per heavy atom. The molecule has 0 aliphatic carbocycles. The molecule has 0 aromatic heterocycles. The molecule has 0 saturated carbocycles. The zero-order valence-electron chi connectivity index (χ0n) is 9.66. The van der Waals surface area contributed by atoms with Crippen molar-refractivity contribution in [2.75, 3.05) is 14.2 Å². The first-order valence-corrected chi connectivity index (χ1v) is 5.65. The van der Waals surface area contributed by atoms with Gasteiger partial charge in [-0.15, -0.1) is 0 Å². The lowest BCUT2D eigenvalue weighted by Gasteiger charge is -2.16. The van der Waals surface area contributed by atoms with Crippen LogP contribution in [0.5, 0.6) is 11.5 Å². The Bertz CT molecular complexity index is 444. The van der Waals surface area contributed by atoms with Gasteiger partial charge in [-0.2, -0.15) is 0 Å². The number of esters is 1. The molecule has 1 atom stereocenters. The van der Waals surface area contributed by atoms with E-state index in [1.807, 2.05) is 0 Å². The molecule has 5 heteroatoms. The van der Waals surface area contributed by atoms with Crippen molar-refractivity contribution in [1.82, 2.24) is 0 Å². The van der Waals surface area contributed by atoms with Crippen molar-refractivity contribution in [3.8, 4) is 11.5 Å². The predicted octanol–water partition coefficient (Wildman–Crippen LogP) is 2.74. The van der Waals surface area contributed by atoms with Crippen LogP contribution in [0.4, 0.5) is 0 Å². The van der Waals surface area contributed by atoms with E-state index < -0.39 is 0 Å². The van der Waals surface area contributed by atoms with Gasteiger partial charge in [-0.05, 0) is 18.6 Å². The van der Waals surface area contributed by atoms with Crippen LogP contribution in [0, 0.1) is 0 Å². The van der Waals surface area contributed by atoms with E-state index in [2.05, 4.69) is 0 Å². The van der Waals surface area contributed by atoms with Crippen LogP contribution in [0.3, 0.4) is 0 Å². The zero-order valence-corrected chi connectivity index (χ0v) is 10.4.